The highest BCUT2D eigenvalue weighted by molar-refractivity contribution is 5.26. The Hall–Kier alpha value is -1.60. The Balaban J connectivity index is 1.91. The van der Waals surface area contributed by atoms with Crippen LogP contribution in [0.5, 0.6) is 5.75 Å². The summed E-state index contributed by atoms with van der Waals surface area (Å²) in [6.07, 6.45) is 4.01. The molecule has 0 saturated carbocycles. The van der Waals surface area contributed by atoms with Crippen molar-refractivity contribution < 1.29 is 4.74 Å². The van der Waals surface area contributed by atoms with Crippen LogP contribution in [0.1, 0.15) is 18.5 Å². The molecule has 4 nitrogen and oxygen atoms in total. The average molecular weight is 217 g/mol. The number of aromatic nitrogens is 1. The van der Waals surface area contributed by atoms with Gasteiger partial charge in [-0.3, -0.25) is 0 Å². The zero-order valence-corrected chi connectivity index (χ0v) is 9.39. The maximum atomic E-state index is 8.62. The van der Waals surface area contributed by atoms with E-state index in [1.54, 1.807) is 12.3 Å². The van der Waals surface area contributed by atoms with Crippen LogP contribution < -0.4 is 4.74 Å². The fourth-order valence-corrected chi connectivity index (χ4v) is 1.81. The number of piperidine rings is 1. The number of ether oxygens (including phenoxy) is 1. The van der Waals surface area contributed by atoms with Gasteiger partial charge in [-0.15, -0.1) is 0 Å². The van der Waals surface area contributed by atoms with Gasteiger partial charge in [0.1, 0.15) is 23.6 Å². The summed E-state index contributed by atoms with van der Waals surface area (Å²) in [7, 11) is 2.12. The van der Waals surface area contributed by atoms with E-state index in [4.69, 9.17) is 10.00 Å². The van der Waals surface area contributed by atoms with E-state index in [1.807, 2.05) is 12.1 Å². The highest BCUT2D eigenvalue weighted by Crippen LogP contribution is 2.17. The molecule has 0 N–H and O–H groups in total. The standard InChI is InChI=1S/C12H15N3O/c1-15-6-4-11(5-7-15)16-12-3-2-10(8-13)14-9-12/h2-3,9,11H,4-7H2,1H3. The Morgan fingerprint density at radius 3 is 2.75 bits per heavy atom. The summed E-state index contributed by atoms with van der Waals surface area (Å²) in [4.78, 5) is 6.28. The number of likely N-dealkylation sites (tertiary alicyclic amines) is 1. The summed E-state index contributed by atoms with van der Waals surface area (Å²) >= 11 is 0. The second-order valence-corrected chi connectivity index (χ2v) is 4.11. The van der Waals surface area contributed by atoms with Crippen molar-refractivity contribution in [1.82, 2.24) is 9.88 Å². The monoisotopic (exact) mass is 217 g/mol. The first-order chi connectivity index (χ1) is 7.78. The molecular weight excluding hydrogens is 202 g/mol. The van der Waals surface area contributed by atoms with Gasteiger partial charge in [0.25, 0.3) is 0 Å². The average Bonchev–Trinajstić information content (AvgIpc) is 2.33. The van der Waals surface area contributed by atoms with E-state index in [-0.39, 0.29) is 6.10 Å². The van der Waals surface area contributed by atoms with Gasteiger partial charge in [-0.1, -0.05) is 0 Å². The lowest BCUT2D eigenvalue weighted by Gasteiger charge is -2.29. The van der Waals surface area contributed by atoms with Crippen LogP contribution in [0.2, 0.25) is 0 Å². The number of rotatable bonds is 2. The molecule has 0 aliphatic carbocycles. The number of hydrogen-bond donors (Lipinski definition) is 0. The summed E-state index contributed by atoms with van der Waals surface area (Å²) < 4.78 is 5.80. The lowest BCUT2D eigenvalue weighted by molar-refractivity contribution is 0.114. The van der Waals surface area contributed by atoms with Crippen molar-refractivity contribution in [1.29, 1.82) is 5.26 Å². The van der Waals surface area contributed by atoms with Gasteiger partial charge in [0.2, 0.25) is 0 Å². The third-order valence-electron chi connectivity index (χ3n) is 2.82. The third-order valence-corrected chi connectivity index (χ3v) is 2.82. The zero-order chi connectivity index (χ0) is 11.4. The minimum absolute atomic E-state index is 0.283. The van der Waals surface area contributed by atoms with E-state index >= 15 is 0 Å². The highest BCUT2D eigenvalue weighted by Gasteiger charge is 2.17. The number of hydrogen-bond acceptors (Lipinski definition) is 4. The Kier molecular flexibility index (Phi) is 3.37. The van der Waals surface area contributed by atoms with Gasteiger partial charge in [-0.25, -0.2) is 4.98 Å². The van der Waals surface area contributed by atoms with Crippen LogP contribution in [0, 0.1) is 11.3 Å². The van der Waals surface area contributed by atoms with Crippen LogP contribution in [0.15, 0.2) is 18.3 Å². The largest absolute Gasteiger partial charge is 0.489 e. The first-order valence-corrected chi connectivity index (χ1v) is 5.49. The fourth-order valence-electron chi connectivity index (χ4n) is 1.81. The van der Waals surface area contributed by atoms with E-state index < -0.39 is 0 Å². The summed E-state index contributed by atoms with van der Waals surface area (Å²) in [5.41, 5.74) is 0.427. The molecule has 1 aromatic heterocycles. The Bertz CT molecular complexity index is 374. The van der Waals surface area contributed by atoms with Gasteiger partial charge in [-0.2, -0.15) is 5.26 Å². The van der Waals surface area contributed by atoms with Gasteiger partial charge >= 0.3 is 0 Å². The number of nitriles is 1. The molecule has 1 aliphatic rings. The first kappa shape index (κ1) is 10.9. The smallest absolute Gasteiger partial charge is 0.140 e. The molecule has 0 atom stereocenters. The van der Waals surface area contributed by atoms with Crippen molar-refractivity contribution in [3.05, 3.63) is 24.0 Å². The summed E-state index contributed by atoms with van der Waals surface area (Å²) in [5.74, 6) is 0.758. The molecule has 2 rings (SSSR count). The molecule has 1 aromatic rings. The molecule has 16 heavy (non-hydrogen) atoms. The van der Waals surface area contributed by atoms with E-state index in [0.29, 0.717) is 5.69 Å². The van der Waals surface area contributed by atoms with E-state index in [2.05, 4.69) is 16.9 Å². The van der Waals surface area contributed by atoms with Crippen molar-refractivity contribution in [2.45, 2.75) is 18.9 Å². The Morgan fingerprint density at radius 2 is 2.19 bits per heavy atom. The lowest BCUT2D eigenvalue weighted by atomic mass is 10.1. The molecule has 0 spiro atoms. The van der Waals surface area contributed by atoms with Gasteiger partial charge in [-0.05, 0) is 32.0 Å². The second-order valence-electron chi connectivity index (χ2n) is 4.11. The molecule has 0 aromatic carbocycles. The minimum Gasteiger partial charge on any atom is -0.489 e. The molecular formula is C12H15N3O. The SMILES string of the molecule is CN1CCC(Oc2ccc(C#N)nc2)CC1. The molecule has 0 bridgehead atoms. The van der Waals surface area contributed by atoms with E-state index in [9.17, 15) is 0 Å². The molecule has 1 fully saturated rings. The zero-order valence-electron chi connectivity index (χ0n) is 9.39. The predicted molar refractivity (Wildman–Crippen MR) is 60.1 cm³/mol. The van der Waals surface area contributed by atoms with E-state index in [1.165, 1.54) is 0 Å². The maximum absolute atomic E-state index is 8.62. The number of pyridine rings is 1. The van der Waals surface area contributed by atoms with Crippen LogP contribution in [0.4, 0.5) is 0 Å². The van der Waals surface area contributed by atoms with E-state index in [0.717, 1.165) is 31.7 Å². The predicted octanol–water partition coefficient (Wildman–Crippen LogP) is 1.43. The topological polar surface area (TPSA) is 49.1 Å². The summed E-state index contributed by atoms with van der Waals surface area (Å²) in [5, 5.41) is 8.62. The van der Waals surface area contributed by atoms with Gasteiger partial charge < -0.3 is 9.64 Å². The van der Waals surface area contributed by atoms with Crippen molar-refractivity contribution in [3.63, 3.8) is 0 Å². The Labute approximate surface area is 95.5 Å². The molecule has 84 valence electrons. The first-order valence-electron chi connectivity index (χ1n) is 5.49. The minimum atomic E-state index is 0.283. The van der Waals surface area contributed by atoms with Crippen LogP contribution >= 0.6 is 0 Å². The molecule has 2 heterocycles. The number of nitrogens with zero attached hydrogens (tertiary/aromatic N) is 3. The van der Waals surface area contributed by atoms with Gasteiger partial charge in [0, 0.05) is 13.1 Å². The van der Waals surface area contributed by atoms with Crippen molar-refractivity contribution in [2.75, 3.05) is 20.1 Å². The molecule has 1 saturated heterocycles. The fraction of sp³-hybridized carbons (Fsp3) is 0.500. The third kappa shape index (κ3) is 2.71. The van der Waals surface area contributed by atoms with Crippen LogP contribution in [-0.2, 0) is 0 Å². The summed E-state index contributed by atoms with van der Waals surface area (Å²) in [6.45, 7) is 2.16. The van der Waals surface area contributed by atoms with Crippen molar-refractivity contribution in [3.8, 4) is 11.8 Å². The molecule has 1 aliphatic heterocycles. The molecule has 0 unspecified atom stereocenters. The normalized spacial score (nSPS) is 18.0. The van der Waals surface area contributed by atoms with Crippen LogP contribution in [-0.4, -0.2) is 36.1 Å². The lowest BCUT2D eigenvalue weighted by Crippen LogP contribution is -2.35. The molecule has 0 amide bonds. The molecule has 4 heteroatoms. The second kappa shape index (κ2) is 4.95. The van der Waals surface area contributed by atoms with Gasteiger partial charge in [0.05, 0.1) is 6.20 Å². The van der Waals surface area contributed by atoms with Gasteiger partial charge in [0.15, 0.2) is 0 Å². The Morgan fingerprint density at radius 1 is 1.44 bits per heavy atom. The van der Waals surface area contributed by atoms with Crippen LogP contribution in [0.3, 0.4) is 0 Å². The highest BCUT2D eigenvalue weighted by atomic mass is 16.5. The van der Waals surface area contributed by atoms with Crippen molar-refractivity contribution >= 4 is 0 Å². The van der Waals surface area contributed by atoms with Crippen LogP contribution in [0.25, 0.3) is 0 Å². The molecule has 0 radical (unpaired) electrons. The quantitative estimate of drug-likeness (QED) is 0.752. The maximum Gasteiger partial charge on any atom is 0.140 e. The summed E-state index contributed by atoms with van der Waals surface area (Å²) in [6, 6.07) is 5.48. The van der Waals surface area contributed by atoms with Crippen molar-refractivity contribution in [2.24, 2.45) is 0 Å².